The summed E-state index contributed by atoms with van der Waals surface area (Å²) in [4.78, 5) is 35.8. The van der Waals surface area contributed by atoms with Crippen LogP contribution in [0.3, 0.4) is 0 Å². The first-order chi connectivity index (χ1) is 12.8. The van der Waals surface area contributed by atoms with E-state index in [1.54, 1.807) is 24.3 Å². The van der Waals surface area contributed by atoms with Gasteiger partial charge in [-0.3, -0.25) is 14.4 Å². The first kappa shape index (κ1) is 20.2. The minimum atomic E-state index is -1.27. The Hall–Kier alpha value is -3.09. The largest absolute Gasteiger partial charge is 0.453 e. The SMILES string of the molecule is Cc1ccc(C(=O)CCC(=O)OC(C)C(=O)Nc2c(F)cccc2F)cc1. The normalized spacial score (nSPS) is 11.6. The van der Waals surface area contributed by atoms with E-state index in [0.717, 1.165) is 23.8 Å². The van der Waals surface area contributed by atoms with Gasteiger partial charge in [0.1, 0.15) is 17.3 Å². The fraction of sp³-hybridized carbons (Fsp3) is 0.250. The van der Waals surface area contributed by atoms with E-state index in [1.165, 1.54) is 6.92 Å². The smallest absolute Gasteiger partial charge is 0.307 e. The highest BCUT2D eigenvalue weighted by Crippen LogP contribution is 2.18. The number of anilines is 1. The molecule has 0 radical (unpaired) electrons. The molecule has 2 aromatic rings. The predicted molar refractivity (Wildman–Crippen MR) is 95.3 cm³/mol. The lowest BCUT2D eigenvalue weighted by atomic mass is 10.1. The molecule has 0 fully saturated rings. The van der Waals surface area contributed by atoms with E-state index in [9.17, 15) is 23.2 Å². The summed E-state index contributed by atoms with van der Waals surface area (Å²) in [6.45, 7) is 3.17. The zero-order valence-corrected chi connectivity index (χ0v) is 14.9. The van der Waals surface area contributed by atoms with Crippen LogP contribution in [0.2, 0.25) is 0 Å². The van der Waals surface area contributed by atoms with Crippen LogP contribution in [0.5, 0.6) is 0 Å². The van der Waals surface area contributed by atoms with E-state index in [4.69, 9.17) is 4.74 Å². The van der Waals surface area contributed by atoms with Gasteiger partial charge in [0.15, 0.2) is 11.9 Å². The second-order valence-corrected chi connectivity index (χ2v) is 6.01. The number of nitrogens with one attached hydrogen (secondary N) is 1. The fourth-order valence-electron chi connectivity index (χ4n) is 2.25. The van der Waals surface area contributed by atoms with E-state index in [0.29, 0.717) is 5.56 Å². The van der Waals surface area contributed by atoms with Gasteiger partial charge in [0.25, 0.3) is 5.91 Å². The maximum absolute atomic E-state index is 13.5. The minimum Gasteiger partial charge on any atom is -0.453 e. The summed E-state index contributed by atoms with van der Waals surface area (Å²) < 4.78 is 32.0. The minimum absolute atomic E-state index is 0.0713. The third-order valence-electron chi connectivity index (χ3n) is 3.82. The summed E-state index contributed by atoms with van der Waals surface area (Å²) in [6.07, 6.45) is -1.55. The molecule has 1 N–H and O–H groups in total. The summed E-state index contributed by atoms with van der Waals surface area (Å²) in [6, 6.07) is 10.1. The number of ketones is 1. The van der Waals surface area contributed by atoms with E-state index >= 15 is 0 Å². The first-order valence-corrected chi connectivity index (χ1v) is 8.32. The Bertz CT molecular complexity index is 829. The van der Waals surface area contributed by atoms with Crippen molar-refractivity contribution in [3.63, 3.8) is 0 Å². The molecule has 2 rings (SSSR count). The van der Waals surface area contributed by atoms with Crippen molar-refractivity contribution in [3.05, 3.63) is 65.2 Å². The Balaban J connectivity index is 1.85. The Kier molecular flexibility index (Phi) is 6.76. The first-order valence-electron chi connectivity index (χ1n) is 8.32. The Morgan fingerprint density at radius 2 is 1.59 bits per heavy atom. The number of hydrogen-bond donors (Lipinski definition) is 1. The molecule has 27 heavy (non-hydrogen) atoms. The molecule has 0 spiro atoms. The second-order valence-electron chi connectivity index (χ2n) is 6.01. The van der Waals surface area contributed by atoms with Crippen molar-refractivity contribution in [1.29, 1.82) is 0 Å². The molecular formula is C20H19F2NO4. The zero-order chi connectivity index (χ0) is 20.0. The number of aryl methyl sites for hydroxylation is 1. The van der Waals surface area contributed by atoms with Crippen LogP contribution < -0.4 is 5.32 Å². The van der Waals surface area contributed by atoms with Crippen molar-refractivity contribution in [2.24, 2.45) is 0 Å². The standard InChI is InChI=1S/C20H19F2NO4/c1-12-6-8-14(9-7-12)17(24)10-11-18(25)27-13(2)20(26)23-19-15(21)4-3-5-16(19)22/h3-9,13H,10-11H2,1-2H3,(H,23,26). The molecule has 7 heteroatoms. The van der Waals surface area contributed by atoms with Crippen molar-refractivity contribution >= 4 is 23.3 Å². The van der Waals surface area contributed by atoms with E-state index in [1.807, 2.05) is 12.2 Å². The number of benzene rings is 2. The number of carbonyl (C=O) groups is 3. The third kappa shape index (κ3) is 5.70. The molecule has 1 unspecified atom stereocenters. The van der Waals surface area contributed by atoms with Gasteiger partial charge in [-0.15, -0.1) is 0 Å². The molecule has 1 atom stereocenters. The van der Waals surface area contributed by atoms with Crippen LogP contribution in [0.1, 0.15) is 35.7 Å². The fourth-order valence-corrected chi connectivity index (χ4v) is 2.25. The highest BCUT2D eigenvalue weighted by Gasteiger charge is 2.21. The molecule has 0 saturated carbocycles. The molecular weight excluding hydrogens is 356 g/mol. The molecule has 1 amide bonds. The molecule has 2 aromatic carbocycles. The predicted octanol–water partition coefficient (Wildman–Crippen LogP) is 3.81. The van der Waals surface area contributed by atoms with Gasteiger partial charge in [-0.25, -0.2) is 8.78 Å². The second kappa shape index (κ2) is 9.02. The summed E-state index contributed by atoms with van der Waals surface area (Å²) in [5, 5.41) is 2.05. The van der Waals surface area contributed by atoms with Gasteiger partial charge in [0.2, 0.25) is 0 Å². The van der Waals surface area contributed by atoms with E-state index in [2.05, 4.69) is 0 Å². The third-order valence-corrected chi connectivity index (χ3v) is 3.82. The summed E-state index contributed by atoms with van der Waals surface area (Å²) in [5.41, 5.74) is 0.881. The van der Waals surface area contributed by atoms with Gasteiger partial charge in [-0.05, 0) is 26.0 Å². The lowest BCUT2D eigenvalue weighted by molar-refractivity contribution is -0.153. The molecule has 0 aliphatic rings. The van der Waals surface area contributed by atoms with Crippen LogP contribution in [0.15, 0.2) is 42.5 Å². The van der Waals surface area contributed by atoms with Gasteiger partial charge >= 0.3 is 5.97 Å². The Morgan fingerprint density at radius 1 is 1.00 bits per heavy atom. The molecule has 0 heterocycles. The number of rotatable bonds is 7. The van der Waals surface area contributed by atoms with Crippen molar-refractivity contribution in [3.8, 4) is 0 Å². The van der Waals surface area contributed by atoms with Crippen LogP contribution in [-0.2, 0) is 14.3 Å². The van der Waals surface area contributed by atoms with Gasteiger partial charge in [0.05, 0.1) is 6.42 Å². The monoisotopic (exact) mass is 375 g/mol. The average molecular weight is 375 g/mol. The van der Waals surface area contributed by atoms with Crippen molar-refractivity contribution in [2.45, 2.75) is 32.8 Å². The Morgan fingerprint density at radius 3 is 2.19 bits per heavy atom. The topological polar surface area (TPSA) is 72.5 Å². The number of halogens is 2. The van der Waals surface area contributed by atoms with Crippen LogP contribution >= 0.6 is 0 Å². The van der Waals surface area contributed by atoms with Gasteiger partial charge in [-0.1, -0.05) is 35.9 Å². The van der Waals surface area contributed by atoms with E-state index < -0.39 is 35.3 Å². The number of amides is 1. The lowest BCUT2D eigenvalue weighted by Gasteiger charge is -2.14. The van der Waals surface area contributed by atoms with E-state index in [-0.39, 0.29) is 18.6 Å². The number of hydrogen-bond acceptors (Lipinski definition) is 4. The number of para-hydroxylation sites is 1. The highest BCUT2D eigenvalue weighted by molar-refractivity contribution is 5.98. The number of carbonyl (C=O) groups excluding carboxylic acids is 3. The quantitative estimate of drug-likeness (QED) is 0.590. The van der Waals surface area contributed by atoms with Crippen LogP contribution in [0, 0.1) is 18.6 Å². The molecule has 0 aliphatic heterocycles. The lowest BCUT2D eigenvalue weighted by Crippen LogP contribution is -2.30. The molecule has 0 aliphatic carbocycles. The number of esters is 1. The van der Waals surface area contributed by atoms with Crippen molar-refractivity contribution < 1.29 is 27.9 Å². The Labute approximate surface area is 155 Å². The number of ether oxygens (including phenoxy) is 1. The van der Waals surface area contributed by atoms with Crippen LogP contribution in [-0.4, -0.2) is 23.8 Å². The van der Waals surface area contributed by atoms with Crippen LogP contribution in [0.4, 0.5) is 14.5 Å². The molecule has 0 bridgehead atoms. The molecule has 5 nitrogen and oxygen atoms in total. The molecule has 0 aromatic heterocycles. The number of Topliss-reactive ketones (excluding diaryl/α,β-unsaturated/α-hetero) is 1. The summed E-state index contributed by atoms with van der Waals surface area (Å²) in [7, 11) is 0. The maximum Gasteiger partial charge on any atom is 0.307 e. The van der Waals surface area contributed by atoms with Crippen LogP contribution in [0.25, 0.3) is 0 Å². The zero-order valence-electron chi connectivity index (χ0n) is 14.9. The van der Waals surface area contributed by atoms with Gasteiger partial charge < -0.3 is 10.1 Å². The van der Waals surface area contributed by atoms with Crippen molar-refractivity contribution in [1.82, 2.24) is 0 Å². The average Bonchev–Trinajstić information content (AvgIpc) is 2.63. The van der Waals surface area contributed by atoms with Gasteiger partial charge in [0, 0.05) is 12.0 Å². The maximum atomic E-state index is 13.5. The van der Waals surface area contributed by atoms with Gasteiger partial charge in [-0.2, -0.15) is 0 Å². The molecule has 0 saturated heterocycles. The van der Waals surface area contributed by atoms with Crippen molar-refractivity contribution in [2.75, 3.05) is 5.32 Å². The highest BCUT2D eigenvalue weighted by atomic mass is 19.1. The summed E-state index contributed by atoms with van der Waals surface area (Å²) >= 11 is 0. The summed E-state index contributed by atoms with van der Waals surface area (Å²) in [5.74, 6) is -3.74. The molecule has 142 valence electrons.